The van der Waals surface area contributed by atoms with Gasteiger partial charge in [-0.2, -0.15) is 0 Å². The second kappa shape index (κ2) is 9.26. The number of hydrogen-bond donors (Lipinski definition) is 3. The van der Waals surface area contributed by atoms with E-state index < -0.39 is 6.09 Å². The number of carboxylic acid groups (broad SMARTS) is 1. The summed E-state index contributed by atoms with van der Waals surface area (Å²) < 4.78 is 0. The first-order chi connectivity index (χ1) is 2.27. The quantitative estimate of drug-likeness (QED) is 0.257. The zero-order chi connectivity index (χ0) is 4.28. The van der Waals surface area contributed by atoms with Crippen molar-refractivity contribution in [2.24, 2.45) is 5.84 Å². The molecular weight excluding hydrogens is 143 g/mol. The number of hydrazine groups is 1. The van der Waals surface area contributed by atoms with Crippen LogP contribution >= 0.6 is 24.8 Å². The number of hydrogen-bond acceptors (Lipinski definition) is 2. The molecule has 0 fully saturated rings. The zero-order valence-electron chi connectivity index (χ0n) is 3.25. The second-order valence-electron chi connectivity index (χ2n) is 0.449. The number of nitrogens with one attached hydrogen (secondary N) is 1. The van der Waals surface area contributed by atoms with E-state index in [0.717, 1.165) is 0 Å². The Labute approximate surface area is 52.9 Å². The van der Waals surface area contributed by atoms with Crippen molar-refractivity contribution in [1.29, 1.82) is 0 Å². The molecular formula is CH6Cl2N2O2. The Kier molecular flexibility index (Phi) is 20.9. The molecule has 4 N–H and O–H groups in total. The van der Waals surface area contributed by atoms with E-state index in [9.17, 15) is 0 Å². The fraction of sp³-hybridized carbons (Fsp3) is 0. The van der Waals surface area contributed by atoms with E-state index in [1.54, 1.807) is 0 Å². The van der Waals surface area contributed by atoms with Gasteiger partial charge in [0.2, 0.25) is 0 Å². The predicted molar refractivity (Wildman–Crippen MR) is 29.8 cm³/mol. The summed E-state index contributed by atoms with van der Waals surface area (Å²) in [7, 11) is 0. The smallest absolute Gasteiger partial charge is 0.418 e. The molecule has 0 aromatic carbocycles. The molecule has 0 radical (unpaired) electrons. The van der Waals surface area contributed by atoms with Crippen molar-refractivity contribution in [2.45, 2.75) is 0 Å². The lowest BCUT2D eigenvalue weighted by Gasteiger charge is -1.79. The van der Waals surface area contributed by atoms with Gasteiger partial charge in [0.05, 0.1) is 0 Å². The number of halogens is 2. The third kappa shape index (κ3) is 25.7. The van der Waals surface area contributed by atoms with Crippen LogP contribution in [0.15, 0.2) is 0 Å². The van der Waals surface area contributed by atoms with Gasteiger partial charge in [0, 0.05) is 0 Å². The van der Waals surface area contributed by atoms with Gasteiger partial charge >= 0.3 is 6.09 Å². The highest BCUT2D eigenvalue weighted by Gasteiger charge is 1.77. The average Bonchev–Trinajstić information content (AvgIpc) is 1.38. The summed E-state index contributed by atoms with van der Waals surface area (Å²) >= 11 is 0. The Morgan fingerprint density at radius 1 is 1.57 bits per heavy atom. The van der Waals surface area contributed by atoms with Crippen molar-refractivity contribution in [1.82, 2.24) is 5.43 Å². The zero-order valence-corrected chi connectivity index (χ0v) is 4.88. The Balaban J connectivity index is -0.0000000800. The molecule has 0 saturated carbocycles. The average molecular weight is 149 g/mol. The Morgan fingerprint density at radius 2 is 1.71 bits per heavy atom. The van der Waals surface area contributed by atoms with Gasteiger partial charge in [-0.25, -0.2) is 10.6 Å². The van der Waals surface area contributed by atoms with Crippen LogP contribution in [-0.4, -0.2) is 11.2 Å². The third-order valence-corrected chi connectivity index (χ3v) is 0.123. The minimum absolute atomic E-state index is 0. The highest BCUT2D eigenvalue weighted by atomic mass is 35.5. The Morgan fingerprint density at radius 3 is 1.71 bits per heavy atom. The van der Waals surface area contributed by atoms with Crippen LogP contribution < -0.4 is 11.3 Å². The maximum absolute atomic E-state index is 9.13. The van der Waals surface area contributed by atoms with Crippen LogP contribution in [0.4, 0.5) is 4.79 Å². The van der Waals surface area contributed by atoms with E-state index >= 15 is 0 Å². The molecule has 0 bridgehead atoms. The van der Waals surface area contributed by atoms with Gasteiger partial charge in [0.15, 0.2) is 0 Å². The Hall–Kier alpha value is -0.190. The van der Waals surface area contributed by atoms with Crippen LogP contribution in [0.3, 0.4) is 0 Å². The third-order valence-electron chi connectivity index (χ3n) is 0.123. The second-order valence-corrected chi connectivity index (χ2v) is 0.449. The van der Waals surface area contributed by atoms with Crippen LogP contribution in [0, 0.1) is 0 Å². The molecule has 0 unspecified atom stereocenters. The summed E-state index contributed by atoms with van der Waals surface area (Å²) in [5.74, 6) is 4.32. The van der Waals surface area contributed by atoms with Crippen molar-refractivity contribution in [2.75, 3.05) is 0 Å². The molecule has 0 saturated heterocycles. The fourth-order valence-corrected chi connectivity index (χ4v) is 0. The molecule has 0 aliphatic rings. The van der Waals surface area contributed by atoms with Crippen molar-refractivity contribution >= 4 is 30.9 Å². The van der Waals surface area contributed by atoms with E-state index in [1.165, 1.54) is 5.43 Å². The fourth-order valence-electron chi connectivity index (χ4n) is 0. The molecule has 6 heteroatoms. The number of amides is 1. The molecule has 0 atom stereocenters. The summed E-state index contributed by atoms with van der Waals surface area (Å²) in [6, 6.07) is 0. The minimum atomic E-state index is -1.22. The van der Waals surface area contributed by atoms with Gasteiger partial charge in [-0.05, 0) is 0 Å². The van der Waals surface area contributed by atoms with Crippen LogP contribution in [0.5, 0.6) is 0 Å². The van der Waals surface area contributed by atoms with Gasteiger partial charge in [-0.1, -0.05) is 0 Å². The topological polar surface area (TPSA) is 75.3 Å². The minimum Gasteiger partial charge on any atom is -0.464 e. The van der Waals surface area contributed by atoms with Gasteiger partial charge in [0.1, 0.15) is 0 Å². The summed E-state index contributed by atoms with van der Waals surface area (Å²) in [5, 5.41) is 7.49. The summed E-state index contributed by atoms with van der Waals surface area (Å²) in [4.78, 5) is 9.13. The van der Waals surface area contributed by atoms with Crippen molar-refractivity contribution in [3.05, 3.63) is 0 Å². The number of rotatable bonds is 0. The molecule has 0 aliphatic carbocycles. The first kappa shape index (κ1) is 15.8. The largest absolute Gasteiger partial charge is 0.464 e. The van der Waals surface area contributed by atoms with Crippen LogP contribution in [-0.2, 0) is 0 Å². The van der Waals surface area contributed by atoms with Gasteiger partial charge in [0.25, 0.3) is 0 Å². The van der Waals surface area contributed by atoms with E-state index in [-0.39, 0.29) is 24.8 Å². The van der Waals surface area contributed by atoms with E-state index in [2.05, 4.69) is 5.84 Å². The van der Waals surface area contributed by atoms with Crippen molar-refractivity contribution < 1.29 is 9.90 Å². The van der Waals surface area contributed by atoms with E-state index in [4.69, 9.17) is 9.90 Å². The molecule has 0 rings (SSSR count). The summed E-state index contributed by atoms with van der Waals surface area (Å²) in [6.07, 6.45) is -1.22. The molecule has 4 nitrogen and oxygen atoms in total. The van der Waals surface area contributed by atoms with Crippen LogP contribution in [0.25, 0.3) is 0 Å². The standard InChI is InChI=1S/CH4N2O2.2ClH/c2-3-1(4)5;;/h3H,2H2,(H,4,5);2*1H. The number of carbonyl (C=O) groups is 1. The predicted octanol–water partition coefficient (Wildman–Crippen LogP) is -0.0287. The van der Waals surface area contributed by atoms with Crippen molar-refractivity contribution in [3.8, 4) is 0 Å². The maximum Gasteiger partial charge on any atom is 0.418 e. The molecule has 46 valence electrons. The SMILES string of the molecule is Cl.Cl.NNC(=O)O. The molecule has 0 aliphatic heterocycles. The van der Waals surface area contributed by atoms with Gasteiger partial charge < -0.3 is 5.11 Å². The van der Waals surface area contributed by atoms with E-state index in [0.29, 0.717) is 0 Å². The molecule has 0 aromatic rings. The molecule has 1 amide bonds. The van der Waals surface area contributed by atoms with Crippen LogP contribution in [0.1, 0.15) is 0 Å². The highest BCUT2D eigenvalue weighted by Crippen LogP contribution is 1.42. The first-order valence-electron chi connectivity index (χ1n) is 0.966. The normalized spacial score (nSPS) is 4.71. The lowest BCUT2D eigenvalue weighted by Crippen LogP contribution is -2.27. The number of nitrogens with two attached hydrogens (primary N) is 1. The molecule has 0 spiro atoms. The van der Waals surface area contributed by atoms with Crippen molar-refractivity contribution in [3.63, 3.8) is 0 Å². The van der Waals surface area contributed by atoms with E-state index in [1.807, 2.05) is 0 Å². The first-order valence-corrected chi connectivity index (χ1v) is 0.966. The highest BCUT2D eigenvalue weighted by molar-refractivity contribution is 5.85. The van der Waals surface area contributed by atoms with Crippen LogP contribution in [0.2, 0.25) is 0 Å². The molecule has 7 heavy (non-hydrogen) atoms. The lowest BCUT2D eigenvalue weighted by molar-refractivity contribution is 0.194. The summed E-state index contributed by atoms with van der Waals surface area (Å²) in [6.45, 7) is 0. The Bertz CT molecular complexity index is 49.0. The lowest BCUT2D eigenvalue weighted by atomic mass is 11.3. The molecule has 0 aromatic heterocycles. The molecule has 0 heterocycles. The maximum atomic E-state index is 9.13. The van der Waals surface area contributed by atoms with Gasteiger partial charge in [-0.3, -0.25) is 5.43 Å². The monoisotopic (exact) mass is 148 g/mol. The summed E-state index contributed by atoms with van der Waals surface area (Å²) in [5.41, 5.74) is 1.44. The van der Waals surface area contributed by atoms with Gasteiger partial charge in [-0.15, -0.1) is 24.8 Å².